The van der Waals surface area contributed by atoms with Crippen molar-refractivity contribution in [3.8, 4) is 0 Å². The molecule has 104 valence electrons. The van der Waals surface area contributed by atoms with E-state index in [0.29, 0.717) is 11.7 Å². The lowest BCUT2D eigenvalue weighted by Gasteiger charge is -2.37. The molecule has 1 fully saturated rings. The van der Waals surface area contributed by atoms with Crippen LogP contribution in [0.25, 0.3) is 0 Å². The van der Waals surface area contributed by atoms with Gasteiger partial charge in [-0.3, -0.25) is 14.7 Å². The van der Waals surface area contributed by atoms with Crippen molar-refractivity contribution in [2.24, 2.45) is 0 Å². The molecule has 1 unspecified atom stereocenters. The van der Waals surface area contributed by atoms with E-state index in [9.17, 15) is 4.79 Å². The van der Waals surface area contributed by atoms with Crippen LogP contribution in [0.2, 0.25) is 5.15 Å². The Morgan fingerprint density at radius 1 is 1.37 bits per heavy atom. The molecule has 1 aliphatic rings. The largest absolute Gasteiger partial charge is 0.335 e. The minimum absolute atomic E-state index is 0.0844. The first kappa shape index (κ1) is 14.2. The van der Waals surface area contributed by atoms with Gasteiger partial charge >= 0.3 is 0 Å². The average Bonchev–Trinajstić information content (AvgIpc) is 2.46. The molecule has 0 aliphatic carbocycles. The molecule has 0 saturated carbocycles. The van der Waals surface area contributed by atoms with E-state index in [1.807, 2.05) is 4.90 Å². The quantitative estimate of drug-likeness (QED) is 0.846. The highest BCUT2D eigenvalue weighted by atomic mass is 35.5. The van der Waals surface area contributed by atoms with Gasteiger partial charge in [0.05, 0.1) is 12.4 Å². The van der Waals surface area contributed by atoms with Crippen LogP contribution in [0.3, 0.4) is 0 Å². The number of hydrogen-bond donors (Lipinski definition) is 0. The molecule has 6 heteroatoms. The molecule has 1 aliphatic heterocycles. The number of carbonyl (C=O) groups is 1. The summed E-state index contributed by atoms with van der Waals surface area (Å²) in [7, 11) is 0. The normalized spacial score (nSPS) is 18.4. The molecular formula is C13H19ClN4O. The van der Waals surface area contributed by atoms with Crippen molar-refractivity contribution in [2.75, 3.05) is 26.2 Å². The van der Waals surface area contributed by atoms with Crippen LogP contribution in [0.5, 0.6) is 0 Å². The molecule has 1 aromatic heterocycles. The number of hydrogen-bond acceptors (Lipinski definition) is 4. The Bertz CT molecular complexity index is 446. The van der Waals surface area contributed by atoms with Crippen molar-refractivity contribution in [2.45, 2.75) is 26.3 Å². The van der Waals surface area contributed by atoms with Gasteiger partial charge in [-0.1, -0.05) is 18.5 Å². The summed E-state index contributed by atoms with van der Waals surface area (Å²) in [5, 5.41) is 0.254. The van der Waals surface area contributed by atoms with Crippen LogP contribution < -0.4 is 0 Å². The van der Waals surface area contributed by atoms with Gasteiger partial charge in [-0.15, -0.1) is 0 Å². The fourth-order valence-corrected chi connectivity index (χ4v) is 2.38. The van der Waals surface area contributed by atoms with Crippen LogP contribution in [0, 0.1) is 0 Å². The van der Waals surface area contributed by atoms with Crippen LogP contribution >= 0.6 is 11.6 Å². The molecule has 19 heavy (non-hydrogen) atoms. The summed E-state index contributed by atoms with van der Waals surface area (Å²) in [6, 6.07) is 0.572. The molecule has 0 radical (unpaired) electrons. The molecule has 2 rings (SSSR count). The SMILES string of the molecule is CCC(C)N1CCN(C(=O)c2cncc(Cl)n2)CC1. The third-order valence-corrected chi connectivity index (χ3v) is 3.82. The van der Waals surface area contributed by atoms with Crippen molar-refractivity contribution in [3.05, 3.63) is 23.2 Å². The summed E-state index contributed by atoms with van der Waals surface area (Å²) in [6.45, 7) is 7.70. The van der Waals surface area contributed by atoms with E-state index in [-0.39, 0.29) is 11.1 Å². The van der Waals surface area contributed by atoms with Crippen LogP contribution in [-0.2, 0) is 0 Å². The molecule has 0 bridgehead atoms. The highest BCUT2D eigenvalue weighted by molar-refractivity contribution is 6.29. The van der Waals surface area contributed by atoms with Crippen molar-refractivity contribution in [1.29, 1.82) is 0 Å². The summed E-state index contributed by atoms with van der Waals surface area (Å²) < 4.78 is 0. The topological polar surface area (TPSA) is 49.3 Å². The van der Waals surface area contributed by atoms with Gasteiger partial charge in [0.15, 0.2) is 0 Å². The van der Waals surface area contributed by atoms with E-state index in [2.05, 4.69) is 28.7 Å². The molecule has 1 atom stereocenters. The van der Waals surface area contributed by atoms with Crippen LogP contribution in [-0.4, -0.2) is 57.9 Å². The first-order chi connectivity index (χ1) is 9.11. The number of amides is 1. The third-order valence-electron chi connectivity index (χ3n) is 3.64. The van der Waals surface area contributed by atoms with E-state index >= 15 is 0 Å². The predicted molar refractivity (Wildman–Crippen MR) is 74.3 cm³/mol. The zero-order chi connectivity index (χ0) is 13.8. The standard InChI is InChI=1S/C13H19ClN4O/c1-3-10(2)17-4-6-18(7-5-17)13(19)11-8-15-9-12(14)16-11/h8-10H,3-7H2,1-2H3. The van der Waals surface area contributed by atoms with Gasteiger partial charge in [0.2, 0.25) is 0 Å². The smallest absolute Gasteiger partial charge is 0.274 e. The Hall–Kier alpha value is -1.20. The minimum Gasteiger partial charge on any atom is -0.335 e. The molecule has 1 saturated heterocycles. The number of nitrogens with zero attached hydrogens (tertiary/aromatic N) is 4. The summed E-state index contributed by atoms with van der Waals surface area (Å²) in [4.78, 5) is 24.4. The van der Waals surface area contributed by atoms with E-state index in [1.165, 1.54) is 12.4 Å². The van der Waals surface area contributed by atoms with Gasteiger partial charge in [0.25, 0.3) is 5.91 Å². The van der Waals surface area contributed by atoms with Crippen molar-refractivity contribution in [3.63, 3.8) is 0 Å². The molecule has 0 aromatic carbocycles. The lowest BCUT2D eigenvalue weighted by molar-refractivity contribution is 0.0574. The Morgan fingerprint density at radius 2 is 2.05 bits per heavy atom. The Morgan fingerprint density at radius 3 is 2.63 bits per heavy atom. The summed E-state index contributed by atoms with van der Waals surface area (Å²) in [5.41, 5.74) is 0.324. The molecular weight excluding hydrogens is 264 g/mol. The van der Waals surface area contributed by atoms with Crippen LogP contribution in [0.15, 0.2) is 12.4 Å². The predicted octanol–water partition coefficient (Wildman–Crippen LogP) is 1.69. The second-order valence-electron chi connectivity index (χ2n) is 4.81. The van der Waals surface area contributed by atoms with Crippen molar-refractivity contribution < 1.29 is 4.79 Å². The zero-order valence-corrected chi connectivity index (χ0v) is 12.1. The summed E-state index contributed by atoms with van der Waals surface area (Å²) in [6.07, 6.45) is 4.03. The second-order valence-corrected chi connectivity index (χ2v) is 5.20. The van der Waals surface area contributed by atoms with Gasteiger partial charge in [0, 0.05) is 32.2 Å². The van der Waals surface area contributed by atoms with Crippen molar-refractivity contribution in [1.82, 2.24) is 19.8 Å². The fraction of sp³-hybridized carbons (Fsp3) is 0.615. The number of piperazine rings is 1. The first-order valence-electron chi connectivity index (χ1n) is 6.62. The number of halogens is 1. The zero-order valence-electron chi connectivity index (χ0n) is 11.3. The monoisotopic (exact) mass is 282 g/mol. The molecule has 0 spiro atoms. The highest BCUT2D eigenvalue weighted by Crippen LogP contribution is 2.11. The maximum absolute atomic E-state index is 12.2. The average molecular weight is 283 g/mol. The molecule has 1 aromatic rings. The van der Waals surface area contributed by atoms with Gasteiger partial charge in [0.1, 0.15) is 10.8 Å². The van der Waals surface area contributed by atoms with Gasteiger partial charge < -0.3 is 4.90 Å². The molecule has 0 N–H and O–H groups in total. The minimum atomic E-state index is -0.0844. The number of rotatable bonds is 3. The van der Waals surface area contributed by atoms with E-state index in [4.69, 9.17) is 11.6 Å². The highest BCUT2D eigenvalue weighted by Gasteiger charge is 2.24. The van der Waals surface area contributed by atoms with E-state index in [1.54, 1.807) is 0 Å². The Labute approximate surface area is 118 Å². The lowest BCUT2D eigenvalue weighted by atomic mass is 10.2. The maximum Gasteiger partial charge on any atom is 0.274 e. The summed E-state index contributed by atoms with van der Waals surface area (Å²) >= 11 is 5.76. The van der Waals surface area contributed by atoms with E-state index < -0.39 is 0 Å². The Kier molecular flexibility index (Phi) is 4.71. The van der Waals surface area contributed by atoms with Crippen molar-refractivity contribution >= 4 is 17.5 Å². The Balaban J connectivity index is 1.96. The number of aromatic nitrogens is 2. The molecule has 1 amide bonds. The second kappa shape index (κ2) is 6.30. The maximum atomic E-state index is 12.2. The molecule has 2 heterocycles. The van der Waals surface area contributed by atoms with Crippen LogP contribution in [0.1, 0.15) is 30.8 Å². The van der Waals surface area contributed by atoms with Gasteiger partial charge in [-0.25, -0.2) is 4.98 Å². The lowest BCUT2D eigenvalue weighted by Crippen LogP contribution is -2.51. The number of carbonyl (C=O) groups excluding carboxylic acids is 1. The summed E-state index contributed by atoms with van der Waals surface area (Å²) in [5.74, 6) is -0.0844. The van der Waals surface area contributed by atoms with Gasteiger partial charge in [-0.2, -0.15) is 0 Å². The van der Waals surface area contributed by atoms with Crippen LogP contribution in [0.4, 0.5) is 0 Å². The molecule has 5 nitrogen and oxygen atoms in total. The van der Waals surface area contributed by atoms with Gasteiger partial charge in [-0.05, 0) is 13.3 Å². The van der Waals surface area contributed by atoms with E-state index in [0.717, 1.165) is 32.6 Å². The fourth-order valence-electron chi connectivity index (χ4n) is 2.23. The third kappa shape index (κ3) is 3.42. The first-order valence-corrected chi connectivity index (χ1v) is 7.00.